The van der Waals surface area contributed by atoms with Gasteiger partial charge in [-0.25, -0.2) is 4.79 Å². The number of imide groups is 1. The SMILES string of the molecule is CNC(=O)NC(=O)CN(CCC(=O)O)c1ccccc1. The molecule has 0 heterocycles. The van der Waals surface area contributed by atoms with E-state index in [-0.39, 0.29) is 19.5 Å². The first-order valence-corrected chi connectivity index (χ1v) is 6.06. The lowest BCUT2D eigenvalue weighted by atomic mass is 10.2. The Balaban J connectivity index is 2.70. The third kappa shape index (κ3) is 5.38. The van der Waals surface area contributed by atoms with Gasteiger partial charge in [0.1, 0.15) is 0 Å². The molecule has 108 valence electrons. The summed E-state index contributed by atoms with van der Waals surface area (Å²) in [6.45, 7) is 0.0885. The summed E-state index contributed by atoms with van der Waals surface area (Å²) in [5.74, 6) is -1.45. The van der Waals surface area contributed by atoms with Crippen LogP contribution in [-0.2, 0) is 9.59 Å². The van der Waals surface area contributed by atoms with Crippen LogP contribution < -0.4 is 15.5 Å². The van der Waals surface area contributed by atoms with E-state index in [2.05, 4.69) is 10.6 Å². The van der Waals surface area contributed by atoms with Crippen molar-refractivity contribution in [2.24, 2.45) is 0 Å². The number of hydrogen-bond acceptors (Lipinski definition) is 4. The first-order valence-electron chi connectivity index (χ1n) is 6.06. The number of carboxylic acids is 1. The number of para-hydroxylation sites is 1. The molecule has 0 radical (unpaired) electrons. The van der Waals surface area contributed by atoms with Crippen LogP contribution in [-0.4, -0.2) is 43.2 Å². The molecule has 1 rings (SSSR count). The van der Waals surface area contributed by atoms with Gasteiger partial charge in [0.25, 0.3) is 0 Å². The van der Waals surface area contributed by atoms with E-state index in [0.29, 0.717) is 0 Å². The average Bonchev–Trinajstić information content (AvgIpc) is 2.44. The molecular formula is C13H17N3O4. The fourth-order valence-electron chi connectivity index (χ4n) is 1.57. The molecule has 0 fully saturated rings. The predicted octanol–water partition coefficient (Wildman–Crippen LogP) is 0.423. The Morgan fingerprint density at radius 2 is 1.85 bits per heavy atom. The van der Waals surface area contributed by atoms with Crippen LogP contribution in [0.2, 0.25) is 0 Å². The second-order valence-corrected chi connectivity index (χ2v) is 4.03. The summed E-state index contributed by atoms with van der Waals surface area (Å²) in [6.07, 6.45) is -0.0951. The lowest BCUT2D eigenvalue weighted by molar-refractivity contribution is -0.136. The molecule has 0 aliphatic carbocycles. The highest BCUT2D eigenvalue weighted by Crippen LogP contribution is 2.13. The fraction of sp³-hybridized carbons (Fsp3) is 0.308. The topological polar surface area (TPSA) is 98.7 Å². The van der Waals surface area contributed by atoms with Crippen molar-refractivity contribution in [3.63, 3.8) is 0 Å². The number of aliphatic carboxylic acids is 1. The quantitative estimate of drug-likeness (QED) is 0.701. The van der Waals surface area contributed by atoms with Crippen molar-refractivity contribution in [3.05, 3.63) is 30.3 Å². The Labute approximate surface area is 116 Å². The summed E-state index contributed by atoms with van der Waals surface area (Å²) in [7, 11) is 1.40. The van der Waals surface area contributed by atoms with Gasteiger partial charge in [0.2, 0.25) is 5.91 Å². The molecule has 20 heavy (non-hydrogen) atoms. The maximum atomic E-state index is 11.7. The molecule has 0 saturated carbocycles. The number of nitrogens with one attached hydrogen (secondary N) is 2. The van der Waals surface area contributed by atoms with Gasteiger partial charge in [-0.1, -0.05) is 18.2 Å². The van der Waals surface area contributed by atoms with E-state index in [9.17, 15) is 14.4 Å². The van der Waals surface area contributed by atoms with Gasteiger partial charge in [-0.3, -0.25) is 14.9 Å². The number of benzene rings is 1. The molecule has 7 heteroatoms. The van der Waals surface area contributed by atoms with Crippen molar-refractivity contribution in [1.82, 2.24) is 10.6 Å². The highest BCUT2D eigenvalue weighted by Gasteiger charge is 2.14. The van der Waals surface area contributed by atoms with Crippen molar-refractivity contribution in [2.75, 3.05) is 25.0 Å². The maximum Gasteiger partial charge on any atom is 0.321 e. The molecule has 0 unspecified atom stereocenters. The molecule has 1 aromatic carbocycles. The average molecular weight is 279 g/mol. The van der Waals surface area contributed by atoms with Gasteiger partial charge in [-0.15, -0.1) is 0 Å². The van der Waals surface area contributed by atoms with Gasteiger partial charge in [0.05, 0.1) is 13.0 Å². The Hall–Kier alpha value is -2.57. The lowest BCUT2D eigenvalue weighted by Crippen LogP contribution is -2.44. The van der Waals surface area contributed by atoms with Gasteiger partial charge < -0.3 is 15.3 Å². The number of hydrogen-bond donors (Lipinski definition) is 3. The molecule has 0 aliphatic rings. The normalized spacial score (nSPS) is 9.65. The van der Waals surface area contributed by atoms with Crippen LogP contribution in [0.3, 0.4) is 0 Å². The van der Waals surface area contributed by atoms with Crippen LogP contribution in [0.1, 0.15) is 6.42 Å². The van der Waals surface area contributed by atoms with E-state index in [1.165, 1.54) is 7.05 Å². The molecule has 3 N–H and O–H groups in total. The van der Waals surface area contributed by atoms with E-state index >= 15 is 0 Å². The largest absolute Gasteiger partial charge is 0.481 e. The monoisotopic (exact) mass is 279 g/mol. The second kappa shape index (κ2) is 7.78. The van der Waals surface area contributed by atoms with E-state index < -0.39 is 17.9 Å². The highest BCUT2D eigenvalue weighted by atomic mass is 16.4. The molecule has 0 spiro atoms. The van der Waals surface area contributed by atoms with Crippen LogP contribution in [0.25, 0.3) is 0 Å². The smallest absolute Gasteiger partial charge is 0.321 e. The molecule has 1 aromatic rings. The Morgan fingerprint density at radius 1 is 1.20 bits per heavy atom. The summed E-state index contributed by atoms with van der Waals surface area (Å²) < 4.78 is 0. The summed E-state index contributed by atoms with van der Waals surface area (Å²) in [4.78, 5) is 35.0. The van der Waals surface area contributed by atoms with Crippen molar-refractivity contribution < 1.29 is 19.5 Å². The van der Waals surface area contributed by atoms with Crippen LogP contribution >= 0.6 is 0 Å². The summed E-state index contributed by atoms with van der Waals surface area (Å²) in [5, 5.41) is 13.2. The standard InChI is InChI=1S/C13H17N3O4/c1-14-13(20)15-11(17)9-16(8-7-12(18)19)10-5-3-2-4-6-10/h2-6H,7-9H2,1H3,(H,18,19)(H2,14,15,17,20). The van der Waals surface area contributed by atoms with Crippen molar-refractivity contribution >= 4 is 23.6 Å². The van der Waals surface area contributed by atoms with E-state index in [0.717, 1.165) is 5.69 Å². The van der Waals surface area contributed by atoms with Crippen LogP contribution in [0.4, 0.5) is 10.5 Å². The number of carboxylic acid groups (broad SMARTS) is 1. The second-order valence-electron chi connectivity index (χ2n) is 4.03. The molecule has 0 bridgehead atoms. The number of carbonyl (C=O) groups is 3. The molecule has 0 atom stereocenters. The number of urea groups is 1. The molecular weight excluding hydrogens is 262 g/mol. The maximum absolute atomic E-state index is 11.7. The number of nitrogens with zero attached hydrogens (tertiary/aromatic N) is 1. The number of amides is 3. The molecule has 7 nitrogen and oxygen atoms in total. The van der Waals surface area contributed by atoms with Gasteiger partial charge in [-0.05, 0) is 12.1 Å². The highest BCUT2D eigenvalue weighted by molar-refractivity contribution is 5.96. The minimum Gasteiger partial charge on any atom is -0.481 e. The Kier molecular flexibility index (Phi) is 6.02. The van der Waals surface area contributed by atoms with Crippen molar-refractivity contribution in [2.45, 2.75) is 6.42 Å². The fourth-order valence-corrected chi connectivity index (χ4v) is 1.57. The number of rotatable bonds is 6. The summed E-state index contributed by atoms with van der Waals surface area (Å²) >= 11 is 0. The minimum atomic E-state index is -0.947. The third-order valence-corrected chi connectivity index (χ3v) is 2.53. The number of carbonyl (C=O) groups excluding carboxylic acids is 2. The number of anilines is 1. The third-order valence-electron chi connectivity index (χ3n) is 2.53. The predicted molar refractivity (Wildman–Crippen MR) is 73.5 cm³/mol. The van der Waals surface area contributed by atoms with Crippen LogP contribution in [0, 0.1) is 0 Å². The first kappa shape index (κ1) is 15.5. The van der Waals surface area contributed by atoms with E-state index in [1.54, 1.807) is 29.2 Å². The minimum absolute atomic E-state index is 0.0925. The van der Waals surface area contributed by atoms with E-state index in [1.807, 2.05) is 6.07 Å². The van der Waals surface area contributed by atoms with Crippen molar-refractivity contribution in [1.29, 1.82) is 0 Å². The molecule has 3 amide bonds. The van der Waals surface area contributed by atoms with Gasteiger partial charge in [-0.2, -0.15) is 0 Å². The summed E-state index contributed by atoms with van der Waals surface area (Å²) in [5.41, 5.74) is 0.723. The van der Waals surface area contributed by atoms with Gasteiger partial charge >= 0.3 is 12.0 Å². The van der Waals surface area contributed by atoms with E-state index in [4.69, 9.17) is 5.11 Å². The van der Waals surface area contributed by atoms with Crippen LogP contribution in [0.5, 0.6) is 0 Å². The zero-order valence-electron chi connectivity index (χ0n) is 11.1. The molecule has 0 aromatic heterocycles. The zero-order chi connectivity index (χ0) is 15.0. The van der Waals surface area contributed by atoms with Crippen LogP contribution in [0.15, 0.2) is 30.3 Å². The van der Waals surface area contributed by atoms with Gasteiger partial charge in [0.15, 0.2) is 0 Å². The van der Waals surface area contributed by atoms with Gasteiger partial charge in [0, 0.05) is 19.3 Å². The van der Waals surface area contributed by atoms with Crippen molar-refractivity contribution in [3.8, 4) is 0 Å². The molecule has 0 saturated heterocycles. The molecule has 0 aliphatic heterocycles. The summed E-state index contributed by atoms with van der Waals surface area (Å²) in [6, 6.07) is 8.36. The Morgan fingerprint density at radius 3 is 2.40 bits per heavy atom. The Bertz CT molecular complexity index is 476. The lowest BCUT2D eigenvalue weighted by Gasteiger charge is -2.23. The zero-order valence-corrected chi connectivity index (χ0v) is 11.1. The first-order chi connectivity index (χ1) is 9.52.